The summed E-state index contributed by atoms with van der Waals surface area (Å²) in [5, 5.41) is 11.2. The summed E-state index contributed by atoms with van der Waals surface area (Å²) in [6.07, 6.45) is 3.24. The van der Waals surface area contributed by atoms with Gasteiger partial charge in [-0.25, -0.2) is 0 Å². The van der Waals surface area contributed by atoms with Gasteiger partial charge in [-0.15, -0.1) is 0 Å². The Balaban J connectivity index is 2.84. The van der Waals surface area contributed by atoms with Crippen molar-refractivity contribution in [3.8, 4) is 5.75 Å². The zero-order chi connectivity index (χ0) is 13.5. The van der Waals surface area contributed by atoms with E-state index in [-0.39, 0.29) is 19.1 Å². The van der Waals surface area contributed by atoms with Gasteiger partial charge < -0.3 is 15.2 Å². The maximum atomic E-state index is 11.4. The number of methoxy groups -OCH3 is 1. The van der Waals surface area contributed by atoms with Gasteiger partial charge in [-0.3, -0.25) is 4.79 Å². The highest BCUT2D eigenvalue weighted by Crippen LogP contribution is 2.22. The number of carbonyl (C=O) groups excluding carboxylic acids is 1. The van der Waals surface area contributed by atoms with Gasteiger partial charge in [-0.2, -0.15) is 0 Å². The lowest BCUT2D eigenvalue weighted by Gasteiger charge is -2.08. The fourth-order valence-electron chi connectivity index (χ4n) is 1.71. The van der Waals surface area contributed by atoms with Crippen LogP contribution < -0.4 is 10.1 Å². The minimum absolute atomic E-state index is 0.0554. The number of nitrogens with one attached hydrogen (secondary N) is 1. The number of aliphatic hydroxyl groups excluding tert-OH is 1. The first-order chi connectivity index (χ1) is 8.58. The minimum Gasteiger partial charge on any atom is -0.497 e. The molecule has 0 aliphatic rings. The molecule has 18 heavy (non-hydrogen) atoms. The molecule has 0 unspecified atom stereocenters. The summed E-state index contributed by atoms with van der Waals surface area (Å²) in [7, 11) is 1.63. The van der Waals surface area contributed by atoms with Crippen LogP contribution >= 0.6 is 0 Å². The third-order valence-electron chi connectivity index (χ3n) is 2.62. The highest BCUT2D eigenvalue weighted by atomic mass is 16.5. The first kappa shape index (κ1) is 14.3. The predicted molar refractivity (Wildman–Crippen MR) is 71.6 cm³/mol. The minimum atomic E-state index is -0.210. The second-order valence-corrected chi connectivity index (χ2v) is 4.02. The number of aryl methyl sites for hydroxylation is 2. The molecule has 1 amide bonds. The van der Waals surface area contributed by atoms with Crippen LogP contribution in [0.25, 0.3) is 6.08 Å². The second-order valence-electron chi connectivity index (χ2n) is 4.02. The summed E-state index contributed by atoms with van der Waals surface area (Å²) >= 11 is 0. The van der Waals surface area contributed by atoms with Crippen LogP contribution in [0, 0.1) is 13.8 Å². The van der Waals surface area contributed by atoms with Gasteiger partial charge in [0.25, 0.3) is 0 Å². The summed E-state index contributed by atoms with van der Waals surface area (Å²) in [5.41, 5.74) is 3.12. The topological polar surface area (TPSA) is 58.6 Å². The average molecular weight is 249 g/mol. The van der Waals surface area contributed by atoms with Crippen LogP contribution in [0.5, 0.6) is 5.75 Å². The lowest BCUT2D eigenvalue weighted by atomic mass is 10.0. The van der Waals surface area contributed by atoms with E-state index in [2.05, 4.69) is 5.32 Å². The van der Waals surface area contributed by atoms with Gasteiger partial charge >= 0.3 is 0 Å². The van der Waals surface area contributed by atoms with Crippen LogP contribution in [0.4, 0.5) is 0 Å². The van der Waals surface area contributed by atoms with Crippen LogP contribution in [0.3, 0.4) is 0 Å². The Morgan fingerprint density at radius 2 is 2.00 bits per heavy atom. The number of hydrogen-bond donors (Lipinski definition) is 2. The molecule has 1 aromatic carbocycles. The summed E-state index contributed by atoms with van der Waals surface area (Å²) in [6.45, 7) is 4.16. The van der Waals surface area contributed by atoms with Gasteiger partial charge in [0.2, 0.25) is 5.91 Å². The number of benzene rings is 1. The molecule has 4 heteroatoms. The lowest BCUT2D eigenvalue weighted by molar-refractivity contribution is -0.116. The SMILES string of the molecule is COc1cc(C)c(/C=C/C(=O)NCCO)c(C)c1. The third kappa shape index (κ3) is 3.89. The van der Waals surface area contributed by atoms with E-state index in [9.17, 15) is 4.79 Å². The number of aliphatic hydroxyl groups is 1. The van der Waals surface area contributed by atoms with Crippen LogP contribution in [0.1, 0.15) is 16.7 Å². The lowest BCUT2D eigenvalue weighted by Crippen LogP contribution is -2.24. The Bertz CT molecular complexity index is 429. The van der Waals surface area contributed by atoms with E-state index in [1.807, 2.05) is 26.0 Å². The Morgan fingerprint density at radius 1 is 1.39 bits per heavy atom. The number of rotatable bonds is 5. The van der Waals surface area contributed by atoms with Crippen LogP contribution in [0.2, 0.25) is 0 Å². The van der Waals surface area contributed by atoms with Crippen LogP contribution in [-0.4, -0.2) is 31.3 Å². The molecule has 0 aliphatic heterocycles. The monoisotopic (exact) mass is 249 g/mol. The molecule has 4 nitrogen and oxygen atoms in total. The average Bonchev–Trinajstić information content (AvgIpc) is 2.34. The molecule has 0 aromatic heterocycles. The molecule has 0 heterocycles. The number of carbonyl (C=O) groups is 1. The van der Waals surface area contributed by atoms with Gasteiger partial charge in [0, 0.05) is 12.6 Å². The molecule has 1 rings (SSSR count). The molecule has 1 aromatic rings. The Hall–Kier alpha value is -1.81. The van der Waals surface area contributed by atoms with E-state index in [0.717, 1.165) is 22.4 Å². The van der Waals surface area contributed by atoms with E-state index in [4.69, 9.17) is 9.84 Å². The summed E-state index contributed by atoms with van der Waals surface area (Å²) in [4.78, 5) is 11.4. The summed E-state index contributed by atoms with van der Waals surface area (Å²) < 4.78 is 5.18. The zero-order valence-electron chi connectivity index (χ0n) is 11.0. The van der Waals surface area contributed by atoms with Crippen molar-refractivity contribution in [1.29, 1.82) is 0 Å². The molecule has 0 atom stereocenters. The molecule has 0 saturated carbocycles. The second kappa shape index (κ2) is 6.81. The molecule has 2 N–H and O–H groups in total. The number of hydrogen-bond acceptors (Lipinski definition) is 3. The Morgan fingerprint density at radius 3 is 2.50 bits per heavy atom. The molecule has 98 valence electrons. The molecule has 0 saturated heterocycles. The highest BCUT2D eigenvalue weighted by Gasteiger charge is 2.03. The fraction of sp³-hybridized carbons (Fsp3) is 0.357. The summed E-state index contributed by atoms with van der Waals surface area (Å²) in [6, 6.07) is 3.86. The van der Waals surface area contributed by atoms with Crippen molar-refractivity contribution in [1.82, 2.24) is 5.32 Å². The molecule has 0 aliphatic carbocycles. The number of ether oxygens (including phenoxy) is 1. The summed E-state index contributed by atoms with van der Waals surface area (Å²) in [5.74, 6) is 0.602. The first-order valence-corrected chi connectivity index (χ1v) is 5.80. The van der Waals surface area contributed by atoms with Crippen LogP contribution in [-0.2, 0) is 4.79 Å². The quantitative estimate of drug-likeness (QED) is 0.776. The van der Waals surface area contributed by atoms with Crippen molar-refractivity contribution < 1.29 is 14.6 Å². The standard InChI is InChI=1S/C14H19NO3/c1-10-8-12(18-3)9-11(2)13(10)4-5-14(17)15-6-7-16/h4-5,8-9,16H,6-7H2,1-3H3,(H,15,17)/b5-4+. The molecular formula is C14H19NO3. The van der Waals surface area contributed by atoms with Crippen molar-refractivity contribution in [2.45, 2.75) is 13.8 Å². The van der Waals surface area contributed by atoms with E-state index < -0.39 is 0 Å². The first-order valence-electron chi connectivity index (χ1n) is 5.80. The van der Waals surface area contributed by atoms with Crippen molar-refractivity contribution in [3.05, 3.63) is 34.9 Å². The normalized spacial score (nSPS) is 10.7. The largest absolute Gasteiger partial charge is 0.497 e. The van der Waals surface area contributed by atoms with Gasteiger partial charge in [0.15, 0.2) is 0 Å². The molecule has 0 bridgehead atoms. The molecular weight excluding hydrogens is 230 g/mol. The Labute approximate surface area is 107 Å². The van der Waals surface area contributed by atoms with Gasteiger partial charge in [0.1, 0.15) is 5.75 Å². The maximum absolute atomic E-state index is 11.4. The zero-order valence-corrected chi connectivity index (χ0v) is 11.0. The van der Waals surface area contributed by atoms with E-state index in [1.165, 1.54) is 6.08 Å². The van der Waals surface area contributed by atoms with Gasteiger partial charge in [0.05, 0.1) is 13.7 Å². The molecule has 0 radical (unpaired) electrons. The van der Waals surface area contributed by atoms with Crippen molar-refractivity contribution in [3.63, 3.8) is 0 Å². The van der Waals surface area contributed by atoms with Gasteiger partial charge in [-0.1, -0.05) is 0 Å². The smallest absolute Gasteiger partial charge is 0.244 e. The van der Waals surface area contributed by atoms with E-state index >= 15 is 0 Å². The highest BCUT2D eigenvalue weighted by molar-refractivity contribution is 5.92. The fourth-order valence-corrected chi connectivity index (χ4v) is 1.71. The maximum Gasteiger partial charge on any atom is 0.244 e. The van der Waals surface area contributed by atoms with E-state index in [0.29, 0.717) is 0 Å². The predicted octanol–water partition coefficient (Wildman–Crippen LogP) is 1.43. The number of amides is 1. The Kier molecular flexibility index (Phi) is 5.39. The van der Waals surface area contributed by atoms with Crippen molar-refractivity contribution in [2.24, 2.45) is 0 Å². The van der Waals surface area contributed by atoms with Crippen molar-refractivity contribution >= 4 is 12.0 Å². The molecule has 0 fully saturated rings. The van der Waals surface area contributed by atoms with Crippen LogP contribution in [0.15, 0.2) is 18.2 Å². The third-order valence-corrected chi connectivity index (χ3v) is 2.62. The molecule has 0 spiro atoms. The van der Waals surface area contributed by atoms with Crippen molar-refractivity contribution in [2.75, 3.05) is 20.3 Å². The van der Waals surface area contributed by atoms with E-state index in [1.54, 1.807) is 13.2 Å². The van der Waals surface area contributed by atoms with Gasteiger partial charge in [-0.05, 0) is 48.7 Å².